The monoisotopic (exact) mass is 439 g/mol. The van der Waals surface area contributed by atoms with Gasteiger partial charge in [-0.1, -0.05) is 6.07 Å². The van der Waals surface area contributed by atoms with E-state index in [9.17, 15) is 0 Å². The van der Waals surface area contributed by atoms with Crippen molar-refractivity contribution in [3.05, 3.63) is 48.8 Å². The lowest BCUT2D eigenvalue weighted by atomic mass is 10.1. The third kappa shape index (κ3) is 4.53. The van der Waals surface area contributed by atoms with E-state index in [4.69, 9.17) is 20.2 Å². The number of hydrazine groups is 1. The van der Waals surface area contributed by atoms with Gasteiger partial charge in [0.1, 0.15) is 18.0 Å². The van der Waals surface area contributed by atoms with Gasteiger partial charge in [-0.25, -0.2) is 9.87 Å². The van der Waals surface area contributed by atoms with Crippen molar-refractivity contribution in [3.63, 3.8) is 0 Å². The fourth-order valence-electron chi connectivity index (χ4n) is 4.12. The lowest BCUT2D eigenvalue weighted by Gasteiger charge is -2.15. The molecule has 9 nitrogen and oxygen atoms in total. The first kappa shape index (κ1) is 20.3. The molecule has 0 radical (unpaired) electrons. The van der Waals surface area contributed by atoms with Gasteiger partial charge >= 0.3 is 0 Å². The van der Waals surface area contributed by atoms with Crippen LogP contribution in [0.25, 0.3) is 27.8 Å². The maximum Gasteiger partial charge on any atom is 0.157 e. The van der Waals surface area contributed by atoms with Crippen molar-refractivity contribution in [1.82, 2.24) is 24.0 Å². The molecule has 1 saturated carbocycles. The molecule has 162 valence electrons. The van der Waals surface area contributed by atoms with Gasteiger partial charge < -0.3 is 10.3 Å². The topological polar surface area (TPSA) is 106 Å². The molecule has 4 aromatic rings. The minimum atomic E-state index is 0.355. The first-order valence-electron chi connectivity index (χ1n) is 10.3. The van der Waals surface area contributed by atoms with Crippen LogP contribution in [-0.4, -0.2) is 43.7 Å². The Bertz CT molecular complexity index is 1170. The molecule has 2 atom stereocenters. The van der Waals surface area contributed by atoms with Gasteiger partial charge in [-0.3, -0.25) is 5.84 Å². The molecule has 1 aromatic carbocycles. The highest BCUT2D eigenvalue weighted by atomic mass is 32.2. The molecule has 0 bridgehead atoms. The summed E-state index contributed by atoms with van der Waals surface area (Å²) < 4.78 is 8.24. The lowest BCUT2D eigenvalue weighted by Crippen LogP contribution is -2.19. The second-order valence-electron chi connectivity index (χ2n) is 7.90. The largest absolute Gasteiger partial charge is 0.367 e. The summed E-state index contributed by atoms with van der Waals surface area (Å²) >= 11 is 0.974. The van der Waals surface area contributed by atoms with Crippen molar-refractivity contribution in [2.45, 2.75) is 25.3 Å². The molecule has 3 aromatic heterocycles. The van der Waals surface area contributed by atoms with E-state index in [1.807, 2.05) is 29.0 Å². The third-order valence-electron chi connectivity index (χ3n) is 5.60. The smallest absolute Gasteiger partial charge is 0.157 e. The van der Waals surface area contributed by atoms with Crippen LogP contribution in [0, 0.1) is 5.92 Å². The molecule has 1 aliphatic carbocycles. The number of benzene rings is 1. The number of H-pyrrole nitrogens is 1. The van der Waals surface area contributed by atoms with Gasteiger partial charge in [0, 0.05) is 48.0 Å². The van der Waals surface area contributed by atoms with Gasteiger partial charge in [0.25, 0.3) is 0 Å². The first-order valence-corrected chi connectivity index (χ1v) is 11.0. The Morgan fingerprint density at radius 2 is 2.23 bits per heavy atom. The molecule has 0 amide bonds. The van der Waals surface area contributed by atoms with Crippen LogP contribution in [0.15, 0.2) is 48.8 Å². The van der Waals surface area contributed by atoms with Crippen LogP contribution in [-0.2, 0) is 9.22 Å². The number of anilines is 1. The average Bonchev–Trinajstić information content (AvgIpc) is 3.50. The zero-order valence-electron chi connectivity index (χ0n) is 17.2. The summed E-state index contributed by atoms with van der Waals surface area (Å²) in [5.41, 5.74) is 3.92. The number of aromatic nitrogens is 4. The molecule has 3 heterocycles. The fraction of sp³-hybridized carbons (Fsp3) is 0.333. The summed E-state index contributed by atoms with van der Waals surface area (Å²) in [6.07, 6.45) is 6.93. The van der Waals surface area contributed by atoms with E-state index in [1.165, 1.54) is 9.80 Å². The highest BCUT2D eigenvalue weighted by molar-refractivity contribution is 7.92. The summed E-state index contributed by atoms with van der Waals surface area (Å²) in [5, 5.41) is 9.64. The summed E-state index contributed by atoms with van der Waals surface area (Å²) in [7, 11) is 1.69. The number of hydrogen-bond donors (Lipinski definition) is 3. The number of rotatable bonds is 8. The Balaban J connectivity index is 1.27. The van der Waals surface area contributed by atoms with Crippen molar-refractivity contribution < 1.29 is 9.22 Å². The quantitative estimate of drug-likeness (QED) is 0.0951. The minimum absolute atomic E-state index is 0.355. The highest BCUT2D eigenvalue weighted by Crippen LogP contribution is 2.30. The maximum absolute atomic E-state index is 5.46. The van der Waals surface area contributed by atoms with Gasteiger partial charge in [-0.15, -0.1) is 4.33 Å². The number of fused-ring (bicyclic) bond motifs is 2. The van der Waals surface area contributed by atoms with E-state index in [2.05, 4.69) is 39.6 Å². The second kappa shape index (κ2) is 8.85. The van der Waals surface area contributed by atoms with Crippen LogP contribution in [0.5, 0.6) is 0 Å². The minimum Gasteiger partial charge on any atom is -0.367 e. The van der Waals surface area contributed by atoms with Crippen LogP contribution in [0.1, 0.15) is 19.3 Å². The number of aromatic amines is 1. The van der Waals surface area contributed by atoms with E-state index in [0.717, 1.165) is 59.7 Å². The molecule has 2 unspecified atom stereocenters. The van der Waals surface area contributed by atoms with Crippen molar-refractivity contribution >= 4 is 34.6 Å². The second-order valence-corrected chi connectivity index (χ2v) is 8.76. The van der Waals surface area contributed by atoms with E-state index in [1.54, 1.807) is 7.05 Å². The summed E-state index contributed by atoms with van der Waals surface area (Å²) in [5.74, 6) is 6.86. The van der Waals surface area contributed by atoms with Crippen LogP contribution >= 0.6 is 12.2 Å². The maximum atomic E-state index is 5.46. The normalized spacial score (nSPS) is 19.1. The Hall–Kier alpha value is -2.63. The lowest BCUT2D eigenvalue weighted by molar-refractivity contribution is -0.203. The first-order chi connectivity index (χ1) is 15.2. The Morgan fingerprint density at radius 1 is 1.29 bits per heavy atom. The van der Waals surface area contributed by atoms with Gasteiger partial charge in [-0.2, -0.15) is 14.0 Å². The van der Waals surface area contributed by atoms with Crippen molar-refractivity contribution in [1.29, 1.82) is 0 Å². The molecule has 4 N–H and O–H groups in total. The molecular formula is C21H25N7O2S. The molecule has 0 spiro atoms. The molecular weight excluding hydrogens is 414 g/mol. The molecule has 1 fully saturated rings. The number of nitrogens with one attached hydrogen (secondary N) is 2. The molecule has 0 aliphatic heterocycles. The van der Waals surface area contributed by atoms with Crippen LogP contribution in [0.3, 0.4) is 0 Å². The van der Waals surface area contributed by atoms with Crippen LogP contribution in [0.4, 0.5) is 5.82 Å². The van der Waals surface area contributed by atoms with Crippen molar-refractivity contribution in [2.24, 2.45) is 11.8 Å². The van der Waals surface area contributed by atoms with Crippen LogP contribution in [0.2, 0.25) is 0 Å². The Labute approximate surface area is 184 Å². The molecule has 0 saturated heterocycles. The van der Waals surface area contributed by atoms with E-state index in [-0.39, 0.29) is 0 Å². The number of hydrogen-bond acceptors (Lipinski definition) is 8. The van der Waals surface area contributed by atoms with Crippen molar-refractivity contribution in [3.8, 4) is 11.3 Å². The van der Waals surface area contributed by atoms with E-state index in [0.29, 0.717) is 18.6 Å². The van der Waals surface area contributed by atoms with E-state index < -0.39 is 0 Å². The van der Waals surface area contributed by atoms with E-state index >= 15 is 0 Å². The number of nitrogens with two attached hydrogens (primary N) is 1. The highest BCUT2D eigenvalue weighted by Gasteiger charge is 2.26. The van der Waals surface area contributed by atoms with Gasteiger partial charge in [-0.05, 0) is 49.4 Å². The third-order valence-corrected chi connectivity index (χ3v) is 5.99. The summed E-state index contributed by atoms with van der Waals surface area (Å²) in [4.78, 5) is 13.0. The fourth-order valence-corrected chi connectivity index (χ4v) is 4.31. The predicted molar refractivity (Wildman–Crippen MR) is 122 cm³/mol. The van der Waals surface area contributed by atoms with Gasteiger partial charge in [0.15, 0.2) is 5.65 Å². The standard InChI is InChI=1S/C21H25N7O2S/c1-27(22)31-30-29-13-14-2-4-17(10-14)25-20-7-9-24-21-12-19(26-28(20)21)15-3-5-18-16(11-15)6-8-23-18/h3,5-9,11-12,14,17,23,25H,2,4,10,13,22H2,1H3. The summed E-state index contributed by atoms with van der Waals surface area (Å²) in [6.45, 7) is 0.554. The molecule has 5 rings (SSSR count). The Morgan fingerprint density at radius 3 is 3.13 bits per heavy atom. The molecule has 1 aliphatic rings. The zero-order chi connectivity index (χ0) is 21.2. The average molecular weight is 440 g/mol. The summed E-state index contributed by atoms with van der Waals surface area (Å²) in [6, 6.07) is 12.7. The Kier molecular flexibility index (Phi) is 5.79. The van der Waals surface area contributed by atoms with Gasteiger partial charge in [0.2, 0.25) is 0 Å². The van der Waals surface area contributed by atoms with Crippen molar-refractivity contribution in [2.75, 3.05) is 19.0 Å². The van der Waals surface area contributed by atoms with Gasteiger partial charge in [0.05, 0.1) is 12.3 Å². The number of nitrogens with zero attached hydrogens (tertiary/aromatic N) is 4. The van der Waals surface area contributed by atoms with Crippen LogP contribution < -0.4 is 11.2 Å². The SMILES string of the molecule is CN(N)SOOCC1CCC(Nc2ccnc3cc(-c4ccc5[nH]ccc5c4)nn23)C1. The molecule has 10 heteroatoms. The predicted octanol–water partition coefficient (Wildman–Crippen LogP) is 3.78. The molecule has 31 heavy (non-hydrogen) atoms. The zero-order valence-corrected chi connectivity index (χ0v) is 18.0.